The highest BCUT2D eigenvalue weighted by Gasteiger charge is 2.38. The van der Waals surface area contributed by atoms with Crippen LogP contribution in [-0.2, 0) is 0 Å². The molecular weight excluding hydrogens is 290 g/mol. The third-order valence-corrected chi connectivity index (χ3v) is 5.51. The minimum absolute atomic E-state index is 0.410. The lowest BCUT2D eigenvalue weighted by Crippen LogP contribution is -2.28. The number of fused-ring (bicyclic) bond motifs is 3. The van der Waals surface area contributed by atoms with E-state index in [0.717, 1.165) is 12.2 Å². The molecule has 2 aliphatic rings. The van der Waals surface area contributed by atoms with Crippen molar-refractivity contribution in [3.05, 3.63) is 71.0 Å². The van der Waals surface area contributed by atoms with Gasteiger partial charge in [0.05, 0.1) is 6.04 Å². The van der Waals surface area contributed by atoms with Crippen molar-refractivity contribution in [2.75, 3.05) is 11.9 Å². The Morgan fingerprint density at radius 1 is 1.36 bits per heavy atom. The van der Waals surface area contributed by atoms with Crippen LogP contribution in [0.1, 0.15) is 28.8 Å². The van der Waals surface area contributed by atoms with Crippen molar-refractivity contribution in [3.63, 3.8) is 0 Å². The number of ether oxygens (including phenoxy) is 1. The summed E-state index contributed by atoms with van der Waals surface area (Å²) in [6.45, 7) is 4.26. The molecule has 22 heavy (non-hydrogen) atoms. The molecule has 1 N–H and O–H groups in total. The zero-order valence-corrected chi connectivity index (χ0v) is 13.2. The number of hydrogen-bond acceptors (Lipinski definition) is 3. The van der Waals surface area contributed by atoms with Gasteiger partial charge in [-0.15, -0.1) is 11.3 Å². The van der Waals surface area contributed by atoms with Crippen molar-refractivity contribution >= 4 is 17.0 Å². The van der Waals surface area contributed by atoms with Crippen molar-refractivity contribution in [2.24, 2.45) is 5.92 Å². The smallest absolute Gasteiger partial charge is 0.120 e. The first-order valence-corrected chi connectivity index (χ1v) is 8.59. The standard InChI is InChI=1S/C19H19NOS/c1-2-10-21-13-8-9-17-16(12-13)14-5-3-6-15(14)19(20-17)18-7-4-11-22-18/h2-5,7-9,11-12,14-15,19-20H,1,6,10H2. The second-order valence-electron chi connectivity index (χ2n) is 5.84. The fraction of sp³-hybridized carbons (Fsp3) is 0.263. The monoisotopic (exact) mass is 309 g/mol. The van der Waals surface area contributed by atoms with E-state index in [1.165, 1.54) is 16.1 Å². The number of rotatable bonds is 4. The van der Waals surface area contributed by atoms with Gasteiger partial charge in [0.25, 0.3) is 0 Å². The molecule has 0 bridgehead atoms. The zero-order chi connectivity index (χ0) is 14.9. The van der Waals surface area contributed by atoms with Gasteiger partial charge in [-0.05, 0) is 47.5 Å². The Labute approximate surface area is 135 Å². The molecule has 1 aromatic carbocycles. The van der Waals surface area contributed by atoms with Gasteiger partial charge < -0.3 is 10.1 Å². The molecule has 0 saturated carbocycles. The van der Waals surface area contributed by atoms with E-state index in [1.54, 1.807) is 6.08 Å². The molecule has 1 aromatic heterocycles. The van der Waals surface area contributed by atoms with Crippen molar-refractivity contribution < 1.29 is 4.74 Å². The minimum atomic E-state index is 0.410. The van der Waals surface area contributed by atoms with Crippen LogP contribution in [0.3, 0.4) is 0 Å². The van der Waals surface area contributed by atoms with E-state index in [2.05, 4.69) is 53.7 Å². The van der Waals surface area contributed by atoms with Crippen LogP contribution in [0.5, 0.6) is 5.75 Å². The maximum absolute atomic E-state index is 5.70. The van der Waals surface area contributed by atoms with Crippen molar-refractivity contribution in [1.29, 1.82) is 0 Å². The molecule has 0 spiro atoms. The number of thiophene rings is 1. The van der Waals surface area contributed by atoms with E-state index in [1.807, 2.05) is 17.4 Å². The van der Waals surface area contributed by atoms with Gasteiger partial charge in [-0.3, -0.25) is 0 Å². The zero-order valence-electron chi connectivity index (χ0n) is 12.4. The molecule has 4 rings (SSSR count). The maximum Gasteiger partial charge on any atom is 0.120 e. The summed E-state index contributed by atoms with van der Waals surface area (Å²) < 4.78 is 5.70. The number of benzene rings is 1. The van der Waals surface area contributed by atoms with Gasteiger partial charge >= 0.3 is 0 Å². The van der Waals surface area contributed by atoms with Crippen LogP contribution in [0.4, 0.5) is 5.69 Å². The van der Waals surface area contributed by atoms with Gasteiger partial charge in [-0.1, -0.05) is 30.9 Å². The van der Waals surface area contributed by atoms with E-state index in [4.69, 9.17) is 4.74 Å². The molecular formula is C19H19NOS. The van der Waals surface area contributed by atoms with Crippen molar-refractivity contribution in [3.8, 4) is 5.75 Å². The SMILES string of the molecule is C=CCOc1ccc2c(c1)C1C=CCC1C(c1cccs1)N2. The Kier molecular flexibility index (Phi) is 3.51. The quantitative estimate of drug-likeness (QED) is 0.790. The molecule has 0 saturated heterocycles. The summed E-state index contributed by atoms with van der Waals surface area (Å²) in [6.07, 6.45) is 7.60. The van der Waals surface area contributed by atoms with Crippen LogP contribution in [0.2, 0.25) is 0 Å². The Hall–Kier alpha value is -2.00. The molecule has 112 valence electrons. The summed E-state index contributed by atoms with van der Waals surface area (Å²) in [5.41, 5.74) is 2.59. The molecule has 0 radical (unpaired) electrons. The van der Waals surface area contributed by atoms with Gasteiger partial charge in [0.1, 0.15) is 12.4 Å². The fourth-order valence-electron chi connectivity index (χ4n) is 3.57. The summed E-state index contributed by atoms with van der Waals surface area (Å²) in [5.74, 6) is 2.01. The van der Waals surface area contributed by atoms with E-state index in [9.17, 15) is 0 Å². The second-order valence-corrected chi connectivity index (χ2v) is 6.82. The highest BCUT2D eigenvalue weighted by atomic mass is 32.1. The van der Waals surface area contributed by atoms with Crippen LogP contribution in [0.15, 0.2) is 60.5 Å². The van der Waals surface area contributed by atoms with E-state index in [-0.39, 0.29) is 0 Å². The van der Waals surface area contributed by atoms with Gasteiger partial charge in [-0.25, -0.2) is 0 Å². The van der Waals surface area contributed by atoms with Crippen molar-refractivity contribution in [2.45, 2.75) is 18.4 Å². The topological polar surface area (TPSA) is 21.3 Å². The first-order valence-electron chi connectivity index (χ1n) is 7.71. The first kappa shape index (κ1) is 13.6. The lowest BCUT2D eigenvalue weighted by atomic mass is 9.79. The molecule has 2 nitrogen and oxygen atoms in total. The highest BCUT2D eigenvalue weighted by Crippen LogP contribution is 2.51. The van der Waals surface area contributed by atoms with Gasteiger partial charge in [0, 0.05) is 16.5 Å². The molecule has 3 atom stereocenters. The molecule has 1 aliphatic heterocycles. The molecule has 3 heteroatoms. The van der Waals surface area contributed by atoms with Crippen LogP contribution in [0.25, 0.3) is 0 Å². The third kappa shape index (κ3) is 2.26. The van der Waals surface area contributed by atoms with Gasteiger partial charge in [0.2, 0.25) is 0 Å². The Balaban J connectivity index is 1.70. The Morgan fingerprint density at radius 3 is 3.14 bits per heavy atom. The molecule has 2 aromatic rings. The molecule has 2 heterocycles. The maximum atomic E-state index is 5.70. The average Bonchev–Trinajstić information content (AvgIpc) is 3.23. The number of hydrogen-bond donors (Lipinski definition) is 1. The van der Waals surface area contributed by atoms with Gasteiger partial charge in [0.15, 0.2) is 0 Å². The third-order valence-electron chi connectivity index (χ3n) is 4.55. The van der Waals surface area contributed by atoms with Crippen LogP contribution >= 0.6 is 11.3 Å². The van der Waals surface area contributed by atoms with E-state index < -0.39 is 0 Å². The van der Waals surface area contributed by atoms with E-state index >= 15 is 0 Å². The Bertz CT molecular complexity index is 704. The number of nitrogens with one attached hydrogen (secondary N) is 1. The molecule has 0 fully saturated rings. The largest absolute Gasteiger partial charge is 0.490 e. The molecule has 1 aliphatic carbocycles. The first-order chi connectivity index (χ1) is 10.9. The number of anilines is 1. The van der Waals surface area contributed by atoms with Crippen LogP contribution < -0.4 is 10.1 Å². The fourth-order valence-corrected chi connectivity index (χ4v) is 4.42. The number of allylic oxidation sites excluding steroid dienone is 2. The highest BCUT2D eigenvalue weighted by molar-refractivity contribution is 7.10. The van der Waals surface area contributed by atoms with Gasteiger partial charge in [-0.2, -0.15) is 0 Å². The lowest BCUT2D eigenvalue weighted by molar-refractivity contribution is 0.361. The summed E-state index contributed by atoms with van der Waals surface area (Å²) >= 11 is 1.84. The summed E-state index contributed by atoms with van der Waals surface area (Å²) in [6, 6.07) is 11.2. The normalized spacial score (nSPS) is 25.2. The molecule has 0 amide bonds. The van der Waals surface area contributed by atoms with Crippen LogP contribution in [0, 0.1) is 5.92 Å². The predicted octanol–water partition coefficient (Wildman–Crippen LogP) is 5.14. The lowest BCUT2D eigenvalue weighted by Gasteiger charge is -2.37. The average molecular weight is 309 g/mol. The molecule has 3 unspecified atom stereocenters. The summed E-state index contributed by atoms with van der Waals surface area (Å²) in [4.78, 5) is 1.43. The second kappa shape index (κ2) is 5.65. The Morgan fingerprint density at radius 2 is 2.32 bits per heavy atom. The van der Waals surface area contributed by atoms with Crippen molar-refractivity contribution in [1.82, 2.24) is 0 Å². The van der Waals surface area contributed by atoms with E-state index in [0.29, 0.717) is 24.5 Å². The predicted molar refractivity (Wildman–Crippen MR) is 92.8 cm³/mol. The van der Waals surface area contributed by atoms with Crippen LogP contribution in [-0.4, -0.2) is 6.61 Å². The minimum Gasteiger partial charge on any atom is -0.490 e. The summed E-state index contributed by atoms with van der Waals surface area (Å²) in [7, 11) is 0. The summed E-state index contributed by atoms with van der Waals surface area (Å²) in [5, 5.41) is 5.91.